The molecule has 0 N–H and O–H groups in total. The Hall–Kier alpha value is -1.14. The van der Waals surface area contributed by atoms with Crippen molar-refractivity contribution in [2.75, 3.05) is 14.2 Å². The molecule has 0 spiro atoms. The molecule has 96 valence electrons. The summed E-state index contributed by atoms with van der Waals surface area (Å²) in [6.45, 7) is 0. The molecule has 0 unspecified atom stereocenters. The summed E-state index contributed by atoms with van der Waals surface area (Å²) in [6, 6.07) is 3.77. The van der Waals surface area contributed by atoms with Crippen LogP contribution in [0.25, 0.3) is 10.6 Å². The lowest BCUT2D eigenvalue weighted by molar-refractivity contribution is -0.679. The van der Waals surface area contributed by atoms with Crippen molar-refractivity contribution in [1.82, 2.24) is 9.36 Å². The highest BCUT2D eigenvalue weighted by Gasteiger charge is 2.26. The lowest BCUT2D eigenvalue weighted by Gasteiger charge is -2.09. The number of nitrogens with zero attached hydrogens (tertiary/aromatic N) is 3. The lowest BCUT2D eigenvalue weighted by atomic mass is 10.3. The van der Waals surface area contributed by atoms with Crippen LogP contribution < -0.4 is 4.57 Å². The Labute approximate surface area is 109 Å². The predicted octanol–water partition coefficient (Wildman–Crippen LogP) is 1.94. The van der Waals surface area contributed by atoms with Crippen LogP contribution in [0.4, 0.5) is 0 Å². The Morgan fingerprint density at radius 3 is 2.50 bits per heavy atom. The Bertz CT molecular complexity index is 536. The first-order valence-electron chi connectivity index (χ1n) is 5.13. The van der Waals surface area contributed by atoms with Crippen molar-refractivity contribution in [3.8, 4) is 10.6 Å². The van der Waals surface area contributed by atoms with Crippen LogP contribution in [0.5, 0.6) is 0 Å². The molecule has 0 aliphatic rings. The molecule has 0 aliphatic heterocycles. The number of pyridine rings is 1. The first-order chi connectivity index (χ1) is 8.67. The molecule has 0 atom stereocenters. The molecule has 6 nitrogen and oxygen atoms in total. The molecule has 18 heavy (non-hydrogen) atoms. The van der Waals surface area contributed by atoms with Crippen molar-refractivity contribution >= 4 is 19.1 Å². The largest absolute Gasteiger partial charge is 0.394 e. The fraction of sp³-hybridized carbons (Fsp3) is 0.300. The van der Waals surface area contributed by atoms with E-state index < -0.39 is 7.60 Å². The van der Waals surface area contributed by atoms with Gasteiger partial charge in [0.15, 0.2) is 12.4 Å². The molecule has 0 amide bonds. The van der Waals surface area contributed by atoms with Crippen LogP contribution in [0.3, 0.4) is 0 Å². The van der Waals surface area contributed by atoms with Crippen LogP contribution in [0.15, 0.2) is 30.9 Å². The molecule has 0 saturated heterocycles. The Kier molecular flexibility index (Phi) is 4.19. The molecule has 0 bridgehead atoms. The molecule has 2 rings (SSSR count). The molecule has 2 heterocycles. The highest BCUT2D eigenvalue weighted by atomic mass is 32.1. The summed E-state index contributed by atoms with van der Waals surface area (Å²) in [5.41, 5.74) is 0.971. The van der Waals surface area contributed by atoms with Gasteiger partial charge in [0.05, 0.1) is 0 Å². The van der Waals surface area contributed by atoms with Crippen molar-refractivity contribution in [3.05, 3.63) is 30.9 Å². The van der Waals surface area contributed by atoms with Gasteiger partial charge in [0.25, 0.3) is 0 Å². The van der Waals surface area contributed by atoms with Crippen LogP contribution in [-0.2, 0) is 19.9 Å². The van der Waals surface area contributed by atoms with Crippen LogP contribution in [-0.4, -0.2) is 23.6 Å². The SMILES string of the molecule is COP(=O)(C[n+]1ccc(-c2ncns2)cc1)OC. The third-order valence-corrected chi connectivity index (χ3v) is 4.89. The molecule has 0 aromatic carbocycles. The minimum Gasteiger partial charge on any atom is -0.308 e. The van der Waals surface area contributed by atoms with E-state index in [1.54, 1.807) is 17.0 Å². The van der Waals surface area contributed by atoms with Gasteiger partial charge in [-0.2, -0.15) is 8.94 Å². The summed E-state index contributed by atoms with van der Waals surface area (Å²) in [5.74, 6) is 0. The third-order valence-electron chi connectivity index (χ3n) is 2.39. The van der Waals surface area contributed by atoms with E-state index in [0.29, 0.717) is 0 Å². The molecule has 8 heteroatoms. The van der Waals surface area contributed by atoms with Crippen molar-refractivity contribution in [2.45, 2.75) is 6.29 Å². The summed E-state index contributed by atoms with van der Waals surface area (Å²) < 4.78 is 27.4. The van der Waals surface area contributed by atoms with Gasteiger partial charge in [-0.25, -0.2) is 4.98 Å². The number of rotatable bonds is 5. The van der Waals surface area contributed by atoms with Gasteiger partial charge >= 0.3 is 7.60 Å². The Balaban J connectivity index is 2.16. The minimum absolute atomic E-state index is 0.177. The third kappa shape index (κ3) is 3.00. The maximum Gasteiger partial charge on any atom is 0.394 e. The molecule has 2 aromatic heterocycles. The number of aromatic nitrogens is 3. The van der Waals surface area contributed by atoms with E-state index in [-0.39, 0.29) is 6.29 Å². The van der Waals surface area contributed by atoms with E-state index in [0.717, 1.165) is 10.6 Å². The van der Waals surface area contributed by atoms with Crippen LogP contribution in [0, 0.1) is 0 Å². The van der Waals surface area contributed by atoms with E-state index in [9.17, 15) is 4.57 Å². The fourth-order valence-electron chi connectivity index (χ4n) is 1.38. The zero-order valence-corrected chi connectivity index (χ0v) is 11.7. The molecule has 0 saturated carbocycles. The zero-order valence-electron chi connectivity index (χ0n) is 10.0. The first kappa shape index (κ1) is 13.3. The van der Waals surface area contributed by atoms with E-state index in [1.165, 1.54) is 32.1 Å². The molecule has 2 aromatic rings. The van der Waals surface area contributed by atoms with Crippen LogP contribution >= 0.6 is 19.1 Å². The van der Waals surface area contributed by atoms with Gasteiger partial charge < -0.3 is 9.05 Å². The monoisotopic (exact) mass is 286 g/mol. The van der Waals surface area contributed by atoms with Crippen LogP contribution in [0.1, 0.15) is 0 Å². The molecular formula is C10H13N3O3PS+. The summed E-state index contributed by atoms with van der Waals surface area (Å²) in [7, 11) is -0.290. The van der Waals surface area contributed by atoms with Gasteiger partial charge in [-0.1, -0.05) is 0 Å². The smallest absolute Gasteiger partial charge is 0.308 e. The number of hydrogen-bond acceptors (Lipinski definition) is 6. The number of hydrogen-bond donors (Lipinski definition) is 0. The maximum absolute atomic E-state index is 11.9. The second-order valence-electron chi connectivity index (χ2n) is 3.46. The first-order valence-corrected chi connectivity index (χ1v) is 7.64. The quantitative estimate of drug-likeness (QED) is 0.620. The average Bonchev–Trinajstić information content (AvgIpc) is 2.93. The standard InChI is InChI=1S/C10H13N3O3PS/c1-15-17(14,16-2)8-13-5-3-9(4-6-13)10-11-7-12-18-10/h3-7H,8H2,1-2H3/q+1. The predicted molar refractivity (Wildman–Crippen MR) is 67.2 cm³/mol. The summed E-state index contributed by atoms with van der Waals surface area (Å²) >= 11 is 1.33. The van der Waals surface area contributed by atoms with Gasteiger partial charge in [0.1, 0.15) is 11.3 Å². The minimum atomic E-state index is -3.04. The van der Waals surface area contributed by atoms with E-state index in [1.807, 2.05) is 12.1 Å². The molecule has 0 radical (unpaired) electrons. The van der Waals surface area contributed by atoms with Gasteiger partial charge in [-0.05, 0) is 11.5 Å². The Morgan fingerprint density at radius 1 is 1.33 bits per heavy atom. The van der Waals surface area contributed by atoms with Gasteiger partial charge in [0.2, 0.25) is 6.29 Å². The second-order valence-corrected chi connectivity index (χ2v) is 6.48. The summed E-state index contributed by atoms with van der Waals surface area (Å²) in [6.07, 6.45) is 5.31. The fourth-order valence-corrected chi connectivity index (χ4v) is 2.88. The molecule has 0 fully saturated rings. The highest BCUT2D eigenvalue weighted by molar-refractivity contribution is 7.52. The van der Waals surface area contributed by atoms with Gasteiger partial charge in [-0.3, -0.25) is 4.57 Å². The normalized spacial score (nSPS) is 11.7. The van der Waals surface area contributed by atoms with Crippen LogP contribution in [0.2, 0.25) is 0 Å². The lowest BCUT2D eigenvalue weighted by Crippen LogP contribution is -2.32. The van der Waals surface area contributed by atoms with Crippen molar-refractivity contribution in [3.63, 3.8) is 0 Å². The second kappa shape index (κ2) is 5.67. The average molecular weight is 286 g/mol. The van der Waals surface area contributed by atoms with E-state index in [2.05, 4.69) is 9.36 Å². The highest BCUT2D eigenvalue weighted by Crippen LogP contribution is 2.46. The maximum atomic E-state index is 11.9. The van der Waals surface area contributed by atoms with E-state index in [4.69, 9.17) is 9.05 Å². The summed E-state index contributed by atoms with van der Waals surface area (Å²) in [5, 5.41) is 0.851. The topological polar surface area (TPSA) is 65.2 Å². The molecular weight excluding hydrogens is 273 g/mol. The van der Waals surface area contributed by atoms with Crippen molar-refractivity contribution in [2.24, 2.45) is 0 Å². The summed E-state index contributed by atoms with van der Waals surface area (Å²) in [4.78, 5) is 4.12. The van der Waals surface area contributed by atoms with Crippen molar-refractivity contribution in [1.29, 1.82) is 0 Å². The molecule has 0 aliphatic carbocycles. The van der Waals surface area contributed by atoms with Crippen molar-refractivity contribution < 1.29 is 18.2 Å². The Morgan fingerprint density at radius 2 is 2.00 bits per heavy atom. The van der Waals surface area contributed by atoms with Gasteiger partial charge in [-0.15, -0.1) is 0 Å². The van der Waals surface area contributed by atoms with Gasteiger partial charge in [0, 0.05) is 31.9 Å². The van der Waals surface area contributed by atoms with E-state index >= 15 is 0 Å². The zero-order chi connectivity index (χ0) is 13.0.